The van der Waals surface area contributed by atoms with Gasteiger partial charge in [0.1, 0.15) is 0 Å². The van der Waals surface area contributed by atoms with Gasteiger partial charge in [0.2, 0.25) is 0 Å². The zero-order valence-corrected chi connectivity index (χ0v) is 11.2. The van der Waals surface area contributed by atoms with E-state index in [2.05, 4.69) is 21.0 Å². The van der Waals surface area contributed by atoms with Crippen molar-refractivity contribution in [3.05, 3.63) is 46.2 Å². The maximum Gasteiger partial charge on any atom is 0.435 e. The summed E-state index contributed by atoms with van der Waals surface area (Å²) in [7, 11) is 0. The van der Waals surface area contributed by atoms with Gasteiger partial charge < -0.3 is 0 Å². The highest BCUT2D eigenvalue weighted by Crippen LogP contribution is 2.29. The summed E-state index contributed by atoms with van der Waals surface area (Å²) in [5.41, 5.74) is 0.301. The minimum absolute atomic E-state index is 0.198. The quantitative estimate of drug-likeness (QED) is 0.742. The Morgan fingerprint density at radius 1 is 1.28 bits per heavy atom. The molecule has 0 unspecified atom stereocenters. The van der Waals surface area contributed by atoms with E-state index in [0.717, 1.165) is 10.5 Å². The number of hydrogen-bond acceptors (Lipinski definition) is 1. The van der Waals surface area contributed by atoms with Crippen LogP contribution in [0.2, 0.25) is 0 Å². The van der Waals surface area contributed by atoms with Gasteiger partial charge in [-0.15, -0.1) is 11.6 Å². The predicted octanol–water partition coefficient (Wildman–Crippen LogP) is 4.39. The average Bonchev–Trinajstić information content (AvgIpc) is 2.77. The fraction of sp³-hybridized carbons (Fsp3) is 0.182. The number of nitrogens with zero attached hydrogens (tertiary/aromatic N) is 2. The molecule has 0 aliphatic carbocycles. The largest absolute Gasteiger partial charge is 0.435 e. The van der Waals surface area contributed by atoms with Crippen molar-refractivity contribution in [3.8, 4) is 5.69 Å². The molecule has 0 aliphatic rings. The lowest BCUT2D eigenvalue weighted by atomic mass is 10.2. The van der Waals surface area contributed by atoms with Crippen LogP contribution >= 0.6 is 27.5 Å². The van der Waals surface area contributed by atoms with Gasteiger partial charge >= 0.3 is 6.18 Å². The molecule has 0 aliphatic heterocycles. The normalized spacial score (nSPS) is 11.8. The summed E-state index contributed by atoms with van der Waals surface area (Å²) >= 11 is 9.02. The van der Waals surface area contributed by atoms with Crippen molar-refractivity contribution in [3.63, 3.8) is 0 Å². The van der Waals surface area contributed by atoms with Crippen LogP contribution in [0.3, 0.4) is 0 Å². The summed E-state index contributed by atoms with van der Waals surface area (Å²) in [6.45, 7) is 0. The molecule has 2 rings (SSSR count). The highest BCUT2D eigenvalue weighted by Gasteiger charge is 2.33. The molecule has 0 N–H and O–H groups in total. The van der Waals surface area contributed by atoms with Gasteiger partial charge in [-0.2, -0.15) is 18.3 Å². The standard InChI is InChI=1S/C11H7BrClF3N2/c12-8-2-1-7(6-13)9(5-8)18-4-3-10(17-18)11(14,15)16/h1-5H,6H2. The lowest BCUT2D eigenvalue weighted by Crippen LogP contribution is -2.08. The van der Waals surface area contributed by atoms with E-state index in [4.69, 9.17) is 11.6 Å². The molecule has 7 heteroatoms. The summed E-state index contributed by atoms with van der Waals surface area (Å²) in [5, 5.41) is 3.51. The van der Waals surface area contributed by atoms with Crippen LogP contribution in [0.4, 0.5) is 13.2 Å². The molecule has 0 saturated heterocycles. The molecule has 0 amide bonds. The Balaban J connectivity index is 2.49. The number of alkyl halides is 4. The van der Waals surface area contributed by atoms with Gasteiger partial charge in [-0.3, -0.25) is 0 Å². The minimum atomic E-state index is -4.45. The van der Waals surface area contributed by atoms with Gasteiger partial charge in [0.05, 0.1) is 5.69 Å². The molecule has 0 radical (unpaired) electrons. The molecular formula is C11H7BrClF3N2. The molecule has 0 saturated carbocycles. The highest BCUT2D eigenvalue weighted by atomic mass is 79.9. The monoisotopic (exact) mass is 338 g/mol. The van der Waals surface area contributed by atoms with Gasteiger partial charge in [-0.05, 0) is 23.8 Å². The van der Waals surface area contributed by atoms with Crippen molar-refractivity contribution < 1.29 is 13.2 Å². The third kappa shape index (κ3) is 2.70. The first-order valence-corrected chi connectivity index (χ1v) is 6.22. The Labute approximate surface area is 114 Å². The van der Waals surface area contributed by atoms with Gasteiger partial charge in [-0.1, -0.05) is 22.0 Å². The van der Waals surface area contributed by atoms with E-state index >= 15 is 0 Å². The Morgan fingerprint density at radius 2 is 2.00 bits per heavy atom. The molecule has 2 nitrogen and oxygen atoms in total. The topological polar surface area (TPSA) is 17.8 Å². The Kier molecular flexibility index (Phi) is 3.68. The maximum atomic E-state index is 12.5. The second kappa shape index (κ2) is 4.93. The second-order valence-corrected chi connectivity index (χ2v) is 4.73. The Bertz CT molecular complexity index is 566. The maximum absolute atomic E-state index is 12.5. The molecule has 0 atom stereocenters. The van der Waals surface area contributed by atoms with Crippen LogP contribution in [0, 0.1) is 0 Å². The number of aromatic nitrogens is 2. The van der Waals surface area contributed by atoms with Crippen molar-refractivity contribution >= 4 is 27.5 Å². The van der Waals surface area contributed by atoms with Crippen LogP contribution in [0.15, 0.2) is 34.9 Å². The van der Waals surface area contributed by atoms with Crippen molar-refractivity contribution in [2.75, 3.05) is 0 Å². The lowest BCUT2D eigenvalue weighted by Gasteiger charge is -2.08. The first kappa shape index (κ1) is 13.4. The van der Waals surface area contributed by atoms with Crippen LogP contribution < -0.4 is 0 Å². The number of halogens is 5. The van der Waals surface area contributed by atoms with E-state index in [1.54, 1.807) is 18.2 Å². The third-order valence-corrected chi connectivity index (χ3v) is 3.10. The van der Waals surface area contributed by atoms with E-state index in [0.29, 0.717) is 11.3 Å². The smallest absolute Gasteiger partial charge is 0.240 e. The molecule has 1 aromatic carbocycles. The molecule has 1 heterocycles. The minimum Gasteiger partial charge on any atom is -0.240 e. The molecule has 0 fully saturated rings. The Morgan fingerprint density at radius 3 is 2.56 bits per heavy atom. The number of hydrogen-bond donors (Lipinski definition) is 0. The first-order chi connectivity index (χ1) is 8.41. The molecule has 0 spiro atoms. The highest BCUT2D eigenvalue weighted by molar-refractivity contribution is 9.10. The summed E-state index contributed by atoms with van der Waals surface area (Å²) in [5.74, 6) is 0.198. The summed E-state index contributed by atoms with van der Waals surface area (Å²) in [4.78, 5) is 0. The van der Waals surface area contributed by atoms with Crippen LogP contribution in [-0.4, -0.2) is 9.78 Å². The second-order valence-electron chi connectivity index (χ2n) is 3.55. The van der Waals surface area contributed by atoms with E-state index < -0.39 is 11.9 Å². The zero-order valence-electron chi connectivity index (χ0n) is 8.88. The van der Waals surface area contributed by atoms with E-state index in [1.807, 2.05) is 0 Å². The van der Waals surface area contributed by atoms with Crippen LogP contribution in [0.1, 0.15) is 11.3 Å². The average molecular weight is 340 g/mol. The van der Waals surface area contributed by atoms with E-state index in [1.165, 1.54) is 10.9 Å². The number of rotatable bonds is 2. The van der Waals surface area contributed by atoms with Gasteiger partial charge in [0.25, 0.3) is 0 Å². The van der Waals surface area contributed by atoms with E-state index in [-0.39, 0.29) is 5.88 Å². The Hall–Kier alpha value is -1.01. The summed E-state index contributed by atoms with van der Waals surface area (Å²) < 4.78 is 39.3. The first-order valence-electron chi connectivity index (χ1n) is 4.89. The lowest BCUT2D eigenvalue weighted by molar-refractivity contribution is -0.141. The molecular weight excluding hydrogens is 332 g/mol. The van der Waals surface area contributed by atoms with Crippen LogP contribution in [0.5, 0.6) is 0 Å². The fourth-order valence-corrected chi connectivity index (χ4v) is 2.05. The van der Waals surface area contributed by atoms with E-state index in [9.17, 15) is 13.2 Å². The van der Waals surface area contributed by atoms with Crippen molar-refractivity contribution in [2.24, 2.45) is 0 Å². The van der Waals surface area contributed by atoms with Crippen LogP contribution in [-0.2, 0) is 12.1 Å². The molecule has 2 aromatic rings. The van der Waals surface area contributed by atoms with Crippen molar-refractivity contribution in [1.82, 2.24) is 9.78 Å². The van der Waals surface area contributed by atoms with Gasteiger partial charge in [0, 0.05) is 16.5 Å². The molecule has 0 bridgehead atoms. The third-order valence-electron chi connectivity index (χ3n) is 2.32. The van der Waals surface area contributed by atoms with Crippen molar-refractivity contribution in [2.45, 2.75) is 12.1 Å². The summed E-state index contributed by atoms with van der Waals surface area (Å²) in [6.07, 6.45) is -3.18. The zero-order chi connectivity index (χ0) is 13.3. The predicted molar refractivity (Wildman–Crippen MR) is 65.8 cm³/mol. The fourth-order valence-electron chi connectivity index (χ4n) is 1.47. The molecule has 18 heavy (non-hydrogen) atoms. The van der Waals surface area contributed by atoms with Gasteiger partial charge in [-0.25, -0.2) is 4.68 Å². The van der Waals surface area contributed by atoms with Crippen molar-refractivity contribution in [1.29, 1.82) is 0 Å². The number of benzene rings is 1. The molecule has 96 valence electrons. The summed E-state index contributed by atoms with van der Waals surface area (Å²) in [6, 6.07) is 6.11. The SMILES string of the molecule is FC(F)(F)c1ccn(-c2cc(Br)ccc2CCl)n1. The van der Waals surface area contributed by atoms with Crippen LogP contribution in [0.25, 0.3) is 5.69 Å². The molecule has 1 aromatic heterocycles. The van der Waals surface area contributed by atoms with Gasteiger partial charge in [0.15, 0.2) is 5.69 Å².